The van der Waals surface area contributed by atoms with E-state index in [0.29, 0.717) is 6.04 Å². The van der Waals surface area contributed by atoms with E-state index in [4.69, 9.17) is 11.6 Å². The van der Waals surface area contributed by atoms with Crippen molar-refractivity contribution in [1.82, 2.24) is 5.32 Å². The smallest absolute Gasteiger partial charge is 0.0960 e. The average Bonchev–Trinajstić information content (AvgIpc) is 3.03. The molecule has 0 saturated heterocycles. The molecule has 0 amide bonds. The van der Waals surface area contributed by atoms with Gasteiger partial charge in [-0.1, -0.05) is 18.0 Å². The van der Waals surface area contributed by atoms with E-state index in [9.17, 15) is 0 Å². The molecule has 2 aliphatic carbocycles. The fraction of sp³-hybridized carbons (Fsp3) is 0.733. The maximum Gasteiger partial charge on any atom is 0.0960 e. The van der Waals surface area contributed by atoms with Gasteiger partial charge in [0.1, 0.15) is 0 Å². The van der Waals surface area contributed by atoms with Crippen LogP contribution >= 0.6 is 22.9 Å². The monoisotopic (exact) mass is 283 g/mol. The quantitative estimate of drug-likeness (QED) is 0.837. The van der Waals surface area contributed by atoms with Crippen LogP contribution in [0.5, 0.6) is 0 Å². The molecule has 0 spiro atoms. The molecule has 1 aromatic heterocycles. The first-order valence-electron chi connectivity index (χ1n) is 7.10. The molecule has 3 rings (SSSR count). The third kappa shape index (κ3) is 2.35. The summed E-state index contributed by atoms with van der Waals surface area (Å²) in [6.07, 6.45) is 7.26. The molecule has 2 saturated carbocycles. The molecular formula is C15H22ClNS. The summed E-state index contributed by atoms with van der Waals surface area (Å²) in [6, 6.07) is 2.77. The van der Waals surface area contributed by atoms with Gasteiger partial charge in [0.2, 0.25) is 0 Å². The molecule has 4 unspecified atom stereocenters. The van der Waals surface area contributed by atoms with Crippen molar-refractivity contribution in [3.05, 3.63) is 20.8 Å². The van der Waals surface area contributed by atoms with E-state index in [1.165, 1.54) is 42.5 Å². The first-order valence-corrected chi connectivity index (χ1v) is 8.30. The summed E-state index contributed by atoms with van der Waals surface area (Å²) in [5.74, 6) is 3.01. The fourth-order valence-corrected chi connectivity index (χ4v) is 5.34. The first-order chi connectivity index (χ1) is 8.67. The molecule has 4 atom stereocenters. The normalized spacial score (nSPS) is 32.1. The van der Waals surface area contributed by atoms with Crippen molar-refractivity contribution in [2.24, 2.45) is 17.8 Å². The Morgan fingerprint density at radius 1 is 1.44 bits per heavy atom. The van der Waals surface area contributed by atoms with Crippen LogP contribution in [0.25, 0.3) is 0 Å². The number of thiophene rings is 1. The van der Waals surface area contributed by atoms with E-state index >= 15 is 0 Å². The summed E-state index contributed by atoms with van der Waals surface area (Å²) in [5.41, 5.74) is 1.23. The summed E-state index contributed by atoms with van der Waals surface area (Å²) < 4.78 is 0.957. The second kappa shape index (κ2) is 5.15. The molecule has 18 heavy (non-hydrogen) atoms. The highest BCUT2D eigenvalue weighted by Gasteiger charge is 2.40. The molecule has 0 aliphatic heterocycles. The minimum atomic E-state index is 0.505. The lowest BCUT2D eigenvalue weighted by Gasteiger charge is -2.26. The van der Waals surface area contributed by atoms with E-state index in [1.54, 1.807) is 11.3 Å². The molecule has 1 aromatic rings. The Balaban J connectivity index is 1.69. The van der Waals surface area contributed by atoms with Crippen LogP contribution in [-0.4, -0.2) is 7.05 Å². The Morgan fingerprint density at radius 3 is 2.78 bits per heavy atom. The zero-order valence-corrected chi connectivity index (χ0v) is 12.8. The van der Waals surface area contributed by atoms with Crippen LogP contribution in [0.3, 0.4) is 0 Å². The van der Waals surface area contributed by atoms with Gasteiger partial charge in [-0.15, -0.1) is 11.3 Å². The molecule has 1 nitrogen and oxygen atoms in total. The summed E-state index contributed by atoms with van der Waals surface area (Å²) >= 11 is 7.95. The van der Waals surface area contributed by atoms with Crippen LogP contribution in [0.15, 0.2) is 6.07 Å². The molecule has 2 fully saturated rings. The highest BCUT2D eigenvalue weighted by atomic mass is 35.5. The molecule has 2 bridgehead atoms. The predicted octanol–water partition coefficient (Wildman–Crippen LogP) is 4.80. The maximum atomic E-state index is 6.20. The average molecular weight is 284 g/mol. The first kappa shape index (κ1) is 13.0. The van der Waals surface area contributed by atoms with E-state index < -0.39 is 0 Å². The zero-order chi connectivity index (χ0) is 12.7. The van der Waals surface area contributed by atoms with Gasteiger partial charge in [0.15, 0.2) is 0 Å². The van der Waals surface area contributed by atoms with Gasteiger partial charge in [-0.3, -0.25) is 0 Å². The standard InChI is InChI=1S/C15H22ClNS/c1-9-5-14(18-15(9)16)13(17-2)8-12-7-10-3-4-11(12)6-10/h5,10-13,17H,3-4,6-8H2,1-2H3. The molecule has 1 heterocycles. The molecule has 100 valence electrons. The van der Waals surface area contributed by atoms with E-state index in [0.717, 1.165) is 22.1 Å². The summed E-state index contributed by atoms with van der Waals surface area (Å²) in [5, 5.41) is 3.50. The molecule has 2 aliphatic rings. The number of halogens is 1. The lowest BCUT2D eigenvalue weighted by Crippen LogP contribution is -2.21. The van der Waals surface area contributed by atoms with Gasteiger partial charge in [-0.05, 0) is 69.0 Å². The molecule has 0 radical (unpaired) electrons. The third-order valence-corrected chi connectivity index (χ3v) is 6.66. The second-order valence-electron chi connectivity index (χ2n) is 6.12. The van der Waals surface area contributed by atoms with Crippen molar-refractivity contribution in [3.63, 3.8) is 0 Å². The lowest BCUT2D eigenvalue weighted by molar-refractivity contribution is 0.285. The molecule has 3 heteroatoms. The SMILES string of the molecule is CNC(CC1CC2CCC1C2)c1cc(C)c(Cl)s1. The van der Waals surface area contributed by atoms with E-state index in [2.05, 4.69) is 25.4 Å². The van der Waals surface area contributed by atoms with Crippen molar-refractivity contribution in [2.75, 3.05) is 7.05 Å². The number of hydrogen-bond donors (Lipinski definition) is 1. The largest absolute Gasteiger partial charge is 0.312 e. The van der Waals surface area contributed by atoms with Gasteiger partial charge in [0, 0.05) is 10.9 Å². The van der Waals surface area contributed by atoms with Crippen LogP contribution in [0.1, 0.15) is 48.6 Å². The Kier molecular flexibility index (Phi) is 3.70. The topological polar surface area (TPSA) is 12.0 Å². The molecular weight excluding hydrogens is 262 g/mol. The second-order valence-corrected chi connectivity index (χ2v) is 7.80. The number of hydrogen-bond acceptors (Lipinski definition) is 2. The van der Waals surface area contributed by atoms with Crippen LogP contribution in [0.2, 0.25) is 4.34 Å². The van der Waals surface area contributed by atoms with E-state index in [1.807, 2.05) is 0 Å². The number of fused-ring (bicyclic) bond motifs is 2. The van der Waals surface area contributed by atoms with Crippen LogP contribution in [0.4, 0.5) is 0 Å². The van der Waals surface area contributed by atoms with Crippen molar-refractivity contribution in [2.45, 2.75) is 45.1 Å². The zero-order valence-electron chi connectivity index (χ0n) is 11.2. The van der Waals surface area contributed by atoms with Crippen molar-refractivity contribution in [1.29, 1.82) is 0 Å². The maximum absolute atomic E-state index is 6.20. The fourth-order valence-electron chi connectivity index (χ4n) is 4.00. The lowest BCUT2D eigenvalue weighted by atomic mass is 9.84. The Morgan fingerprint density at radius 2 is 2.28 bits per heavy atom. The van der Waals surface area contributed by atoms with Crippen LogP contribution < -0.4 is 5.32 Å². The van der Waals surface area contributed by atoms with Gasteiger partial charge in [0.05, 0.1) is 4.34 Å². The number of rotatable bonds is 4. The molecule has 1 N–H and O–H groups in total. The van der Waals surface area contributed by atoms with Gasteiger partial charge < -0.3 is 5.32 Å². The van der Waals surface area contributed by atoms with Crippen molar-refractivity contribution < 1.29 is 0 Å². The van der Waals surface area contributed by atoms with Gasteiger partial charge in [-0.2, -0.15) is 0 Å². The van der Waals surface area contributed by atoms with Gasteiger partial charge >= 0.3 is 0 Å². The third-order valence-electron chi connectivity index (χ3n) is 4.99. The molecule has 0 aromatic carbocycles. The number of aryl methyl sites for hydroxylation is 1. The highest BCUT2D eigenvalue weighted by Crippen LogP contribution is 2.51. The Labute approximate surface area is 119 Å². The summed E-state index contributed by atoms with van der Waals surface area (Å²) in [4.78, 5) is 1.42. The van der Waals surface area contributed by atoms with Crippen LogP contribution in [0, 0.1) is 24.7 Å². The Hall–Kier alpha value is -0.0500. The van der Waals surface area contributed by atoms with Crippen LogP contribution in [-0.2, 0) is 0 Å². The Bertz CT molecular complexity index is 409. The summed E-state index contributed by atoms with van der Waals surface area (Å²) in [7, 11) is 2.08. The van der Waals surface area contributed by atoms with E-state index in [-0.39, 0.29) is 0 Å². The number of nitrogens with one attached hydrogen (secondary N) is 1. The van der Waals surface area contributed by atoms with Gasteiger partial charge in [0.25, 0.3) is 0 Å². The highest BCUT2D eigenvalue weighted by molar-refractivity contribution is 7.16. The minimum Gasteiger partial charge on any atom is -0.312 e. The van der Waals surface area contributed by atoms with Crippen molar-refractivity contribution in [3.8, 4) is 0 Å². The minimum absolute atomic E-state index is 0.505. The van der Waals surface area contributed by atoms with Crippen molar-refractivity contribution >= 4 is 22.9 Å². The summed E-state index contributed by atoms with van der Waals surface area (Å²) in [6.45, 7) is 2.10. The van der Waals surface area contributed by atoms with Gasteiger partial charge in [-0.25, -0.2) is 0 Å². The predicted molar refractivity (Wildman–Crippen MR) is 79.4 cm³/mol.